The minimum absolute atomic E-state index is 0.0283. The molecule has 0 aliphatic carbocycles. The fraction of sp³-hybridized carbons (Fsp3) is 0.320. The zero-order valence-electron chi connectivity index (χ0n) is 20.5. The molecule has 0 saturated heterocycles. The molecule has 1 N–H and O–H groups in total. The van der Waals surface area contributed by atoms with Crippen LogP contribution in [-0.2, 0) is 9.47 Å². The summed E-state index contributed by atoms with van der Waals surface area (Å²) in [5.41, 5.74) is 1.02. The van der Waals surface area contributed by atoms with Gasteiger partial charge in [-0.1, -0.05) is 31.9 Å². The van der Waals surface area contributed by atoms with Crippen LogP contribution in [0.1, 0.15) is 20.8 Å². The minimum atomic E-state index is -0.716. The summed E-state index contributed by atoms with van der Waals surface area (Å²) in [7, 11) is 0. The molecule has 2 aromatic heterocycles. The van der Waals surface area contributed by atoms with Crippen molar-refractivity contribution in [2.75, 3.05) is 26.4 Å². The zero-order chi connectivity index (χ0) is 26.8. The standard InChI is InChI=1S/C15H17BrN2O4.C10H9BrN2O2/c1-15(2,3)22-14(19)21-7-6-20-13-11-8-10(16)4-5-12(11)17-9-18-13;11-7-1-2-9-8(5-7)10(13-6-12-9)15-4-3-14/h4-5,8-9H,6-7H2,1-3H3;1-2,5-6,14H,3-4H2. The number of fused-ring (bicyclic) bond motifs is 2. The first-order valence-corrected chi connectivity index (χ1v) is 12.8. The molecule has 4 aromatic rings. The molecule has 2 aromatic carbocycles. The molecule has 2 heterocycles. The number of aliphatic hydroxyl groups excluding tert-OH is 1. The van der Waals surface area contributed by atoms with Gasteiger partial charge in [0.2, 0.25) is 11.8 Å². The number of aliphatic hydroxyl groups is 1. The summed E-state index contributed by atoms with van der Waals surface area (Å²) in [6.07, 6.45) is 2.16. The van der Waals surface area contributed by atoms with Gasteiger partial charge in [-0.05, 0) is 57.2 Å². The maximum absolute atomic E-state index is 11.4. The van der Waals surface area contributed by atoms with Gasteiger partial charge in [0.1, 0.15) is 38.1 Å². The highest BCUT2D eigenvalue weighted by atomic mass is 79.9. The van der Waals surface area contributed by atoms with E-state index in [0.29, 0.717) is 11.8 Å². The Bertz CT molecular complexity index is 1350. The van der Waals surface area contributed by atoms with Crippen LogP contribution >= 0.6 is 31.9 Å². The van der Waals surface area contributed by atoms with E-state index in [1.54, 1.807) is 20.8 Å². The summed E-state index contributed by atoms with van der Waals surface area (Å²) >= 11 is 6.77. The monoisotopic (exact) mass is 636 g/mol. The van der Waals surface area contributed by atoms with Crippen LogP contribution in [0.2, 0.25) is 0 Å². The van der Waals surface area contributed by atoms with Crippen LogP contribution in [0.4, 0.5) is 4.79 Å². The molecule has 10 nitrogen and oxygen atoms in total. The number of halogens is 2. The highest BCUT2D eigenvalue weighted by Crippen LogP contribution is 2.25. The Morgan fingerprint density at radius 3 is 1.81 bits per heavy atom. The molecule has 0 aliphatic heterocycles. The molecule has 37 heavy (non-hydrogen) atoms. The summed E-state index contributed by atoms with van der Waals surface area (Å²) in [5.74, 6) is 0.939. The molecule has 0 bridgehead atoms. The molecule has 0 spiro atoms. The second-order valence-electron chi connectivity index (χ2n) is 8.41. The third-order valence-corrected chi connectivity index (χ3v) is 5.37. The lowest BCUT2D eigenvalue weighted by atomic mass is 10.2. The second-order valence-corrected chi connectivity index (χ2v) is 10.2. The third-order valence-electron chi connectivity index (χ3n) is 4.38. The molecule has 0 aliphatic rings. The Morgan fingerprint density at radius 2 is 1.32 bits per heavy atom. The normalized spacial score (nSPS) is 11.0. The molecule has 12 heteroatoms. The van der Waals surface area contributed by atoms with E-state index in [2.05, 4.69) is 51.8 Å². The molecule has 0 fully saturated rings. The number of hydrogen-bond donors (Lipinski definition) is 1. The van der Waals surface area contributed by atoms with E-state index in [1.165, 1.54) is 12.7 Å². The SMILES string of the molecule is CC(C)(C)OC(=O)OCCOc1ncnc2ccc(Br)cc12.OCCOc1ncnc2ccc(Br)cc12. The number of hydrogen-bond acceptors (Lipinski definition) is 10. The van der Waals surface area contributed by atoms with E-state index in [4.69, 9.17) is 24.1 Å². The smallest absolute Gasteiger partial charge is 0.475 e. The van der Waals surface area contributed by atoms with Crippen molar-refractivity contribution in [2.45, 2.75) is 26.4 Å². The fourth-order valence-corrected chi connectivity index (χ4v) is 3.65. The summed E-state index contributed by atoms with van der Waals surface area (Å²) in [4.78, 5) is 27.8. The number of aromatic nitrogens is 4. The maximum atomic E-state index is 11.4. The lowest BCUT2D eigenvalue weighted by Gasteiger charge is -2.18. The molecule has 4 rings (SSSR count). The van der Waals surface area contributed by atoms with Crippen molar-refractivity contribution in [3.05, 3.63) is 58.0 Å². The number of carbonyl (C=O) groups excluding carboxylic acids is 1. The molecule has 196 valence electrons. The van der Waals surface area contributed by atoms with Gasteiger partial charge in [-0.25, -0.2) is 24.7 Å². The van der Waals surface area contributed by atoms with E-state index in [1.807, 2.05) is 36.4 Å². The maximum Gasteiger partial charge on any atom is 0.508 e. The lowest BCUT2D eigenvalue weighted by molar-refractivity contribution is -0.0115. The average molecular weight is 638 g/mol. The number of benzene rings is 2. The van der Waals surface area contributed by atoms with Crippen LogP contribution in [0.25, 0.3) is 21.8 Å². The van der Waals surface area contributed by atoms with E-state index in [-0.39, 0.29) is 26.4 Å². The van der Waals surface area contributed by atoms with Gasteiger partial charge in [0.25, 0.3) is 0 Å². The van der Waals surface area contributed by atoms with Gasteiger partial charge in [-0.3, -0.25) is 0 Å². The van der Waals surface area contributed by atoms with E-state index in [9.17, 15) is 4.79 Å². The number of carbonyl (C=O) groups is 1. The van der Waals surface area contributed by atoms with Gasteiger partial charge >= 0.3 is 6.16 Å². The number of rotatable bonds is 7. The Morgan fingerprint density at radius 1 is 0.811 bits per heavy atom. The summed E-state index contributed by atoms with van der Waals surface area (Å²) in [6.45, 7) is 5.78. The first kappa shape index (κ1) is 28.5. The second kappa shape index (κ2) is 13.5. The quantitative estimate of drug-likeness (QED) is 0.205. The van der Waals surface area contributed by atoms with Crippen molar-refractivity contribution < 1.29 is 28.8 Å². The largest absolute Gasteiger partial charge is 0.508 e. The predicted molar refractivity (Wildman–Crippen MR) is 145 cm³/mol. The van der Waals surface area contributed by atoms with Crippen molar-refractivity contribution in [3.63, 3.8) is 0 Å². The van der Waals surface area contributed by atoms with Gasteiger partial charge in [0.15, 0.2) is 0 Å². The van der Waals surface area contributed by atoms with Gasteiger partial charge in [-0.2, -0.15) is 0 Å². The highest BCUT2D eigenvalue weighted by molar-refractivity contribution is 9.10. The summed E-state index contributed by atoms with van der Waals surface area (Å²) in [6, 6.07) is 11.3. The molecule has 0 amide bonds. The Labute approximate surface area is 230 Å². The highest BCUT2D eigenvalue weighted by Gasteiger charge is 2.17. The van der Waals surface area contributed by atoms with Crippen molar-refractivity contribution in [3.8, 4) is 11.8 Å². The molecular weight excluding hydrogens is 612 g/mol. The van der Waals surface area contributed by atoms with Crippen molar-refractivity contribution in [2.24, 2.45) is 0 Å². The zero-order valence-corrected chi connectivity index (χ0v) is 23.7. The Balaban J connectivity index is 0.000000220. The van der Waals surface area contributed by atoms with Crippen LogP contribution in [0.5, 0.6) is 11.8 Å². The van der Waals surface area contributed by atoms with Gasteiger partial charge in [0, 0.05) is 8.95 Å². The van der Waals surface area contributed by atoms with Gasteiger partial charge < -0.3 is 24.1 Å². The van der Waals surface area contributed by atoms with E-state index >= 15 is 0 Å². The lowest BCUT2D eigenvalue weighted by Crippen LogP contribution is -2.25. The van der Waals surface area contributed by atoms with E-state index < -0.39 is 11.8 Å². The van der Waals surface area contributed by atoms with Crippen LogP contribution < -0.4 is 9.47 Å². The van der Waals surface area contributed by atoms with Gasteiger partial charge in [-0.15, -0.1) is 0 Å². The van der Waals surface area contributed by atoms with Crippen LogP contribution in [0.15, 0.2) is 58.0 Å². The van der Waals surface area contributed by atoms with Crippen LogP contribution in [0.3, 0.4) is 0 Å². The topological polar surface area (TPSA) is 126 Å². The third kappa shape index (κ3) is 9.06. The molecule has 0 unspecified atom stereocenters. The van der Waals surface area contributed by atoms with Gasteiger partial charge in [0.05, 0.1) is 28.4 Å². The first-order valence-electron chi connectivity index (χ1n) is 11.2. The minimum Gasteiger partial charge on any atom is -0.475 e. The van der Waals surface area contributed by atoms with Crippen molar-refractivity contribution >= 4 is 59.8 Å². The fourth-order valence-electron chi connectivity index (χ4n) is 2.93. The summed E-state index contributed by atoms with van der Waals surface area (Å²) in [5, 5.41) is 10.3. The van der Waals surface area contributed by atoms with Crippen LogP contribution in [0, 0.1) is 0 Å². The van der Waals surface area contributed by atoms with Crippen molar-refractivity contribution in [1.82, 2.24) is 19.9 Å². The Hall–Kier alpha value is -3.09. The number of ether oxygens (including phenoxy) is 4. The predicted octanol–water partition coefficient (Wildman–Crippen LogP) is 5.49. The molecule has 0 radical (unpaired) electrons. The molecule has 0 atom stereocenters. The Kier molecular flexibility index (Phi) is 10.4. The van der Waals surface area contributed by atoms with Crippen LogP contribution in [-0.4, -0.2) is 63.2 Å². The molecular formula is C25H26Br2N4O6. The number of nitrogens with zero attached hydrogens (tertiary/aromatic N) is 4. The van der Waals surface area contributed by atoms with E-state index in [0.717, 1.165) is 30.8 Å². The van der Waals surface area contributed by atoms with Crippen molar-refractivity contribution in [1.29, 1.82) is 0 Å². The molecule has 0 saturated carbocycles. The first-order chi connectivity index (χ1) is 17.7. The summed E-state index contributed by atoms with van der Waals surface area (Å²) < 4.78 is 22.7. The average Bonchev–Trinajstić information content (AvgIpc) is 2.85.